The van der Waals surface area contributed by atoms with E-state index >= 15 is 0 Å². The lowest BCUT2D eigenvalue weighted by Crippen LogP contribution is -2.04. The van der Waals surface area contributed by atoms with Gasteiger partial charge >= 0.3 is 0 Å². The van der Waals surface area contributed by atoms with Crippen LogP contribution < -0.4 is 0 Å². The van der Waals surface area contributed by atoms with Gasteiger partial charge in [-0.2, -0.15) is 0 Å². The molecule has 0 bridgehead atoms. The van der Waals surface area contributed by atoms with Crippen LogP contribution in [-0.2, 0) is 0 Å². The summed E-state index contributed by atoms with van der Waals surface area (Å²) in [5, 5.41) is 9.45. The Morgan fingerprint density at radius 1 is 1.29 bits per heavy atom. The highest BCUT2D eigenvalue weighted by Crippen LogP contribution is 2.34. The van der Waals surface area contributed by atoms with Gasteiger partial charge in [-0.1, -0.05) is 0 Å². The third-order valence-corrected chi connectivity index (χ3v) is 2.76. The normalized spacial score (nSPS) is 15.6. The minimum absolute atomic E-state index is 0.241. The highest BCUT2D eigenvalue weighted by molar-refractivity contribution is 6.00. The number of phenolic OH excluding ortho intramolecular Hbond substituents is 1. The Hall–Kier alpha value is -1.31. The van der Waals surface area contributed by atoms with Crippen LogP contribution >= 0.6 is 0 Å². The van der Waals surface area contributed by atoms with Crippen molar-refractivity contribution >= 4 is 5.78 Å². The van der Waals surface area contributed by atoms with Crippen molar-refractivity contribution in [2.45, 2.75) is 26.7 Å². The Labute approximate surface area is 83.6 Å². The molecular weight excluding hydrogens is 176 g/mol. The average molecular weight is 190 g/mol. The van der Waals surface area contributed by atoms with Gasteiger partial charge in [-0.05, 0) is 49.9 Å². The fourth-order valence-electron chi connectivity index (χ4n) is 1.63. The van der Waals surface area contributed by atoms with Crippen molar-refractivity contribution in [2.24, 2.45) is 5.92 Å². The first-order chi connectivity index (χ1) is 6.59. The molecule has 1 aromatic carbocycles. The fraction of sp³-hybridized carbons (Fsp3) is 0.417. The lowest BCUT2D eigenvalue weighted by atomic mass is 9.99. The maximum absolute atomic E-state index is 11.8. The second-order valence-electron chi connectivity index (χ2n) is 4.09. The van der Waals surface area contributed by atoms with E-state index in [4.69, 9.17) is 0 Å². The molecule has 0 saturated heterocycles. The maximum atomic E-state index is 11.8. The average Bonchev–Trinajstić information content (AvgIpc) is 2.93. The Morgan fingerprint density at radius 2 is 1.93 bits per heavy atom. The summed E-state index contributed by atoms with van der Waals surface area (Å²) in [5.41, 5.74) is 2.44. The molecule has 0 heterocycles. The molecule has 1 aliphatic carbocycles. The van der Waals surface area contributed by atoms with Crippen LogP contribution in [0.4, 0.5) is 0 Å². The van der Waals surface area contributed by atoms with Crippen molar-refractivity contribution in [3.05, 3.63) is 28.8 Å². The number of hydrogen-bond donors (Lipinski definition) is 1. The first kappa shape index (κ1) is 9.25. The monoisotopic (exact) mass is 190 g/mol. The van der Waals surface area contributed by atoms with Gasteiger partial charge < -0.3 is 5.11 Å². The summed E-state index contributed by atoms with van der Waals surface area (Å²) in [6, 6.07) is 3.47. The van der Waals surface area contributed by atoms with Gasteiger partial charge in [0.15, 0.2) is 5.78 Å². The predicted octanol–water partition coefficient (Wildman–Crippen LogP) is 2.60. The topological polar surface area (TPSA) is 37.3 Å². The summed E-state index contributed by atoms with van der Waals surface area (Å²) in [7, 11) is 0. The summed E-state index contributed by atoms with van der Waals surface area (Å²) in [6.07, 6.45) is 2.05. The summed E-state index contributed by atoms with van der Waals surface area (Å²) < 4.78 is 0. The minimum atomic E-state index is 0.241. The van der Waals surface area contributed by atoms with Gasteiger partial charge in [-0.25, -0.2) is 0 Å². The number of carbonyl (C=O) groups excluding carboxylic acids is 1. The maximum Gasteiger partial charge on any atom is 0.166 e. The number of benzene rings is 1. The second-order valence-corrected chi connectivity index (χ2v) is 4.09. The summed E-state index contributed by atoms with van der Waals surface area (Å²) in [5.74, 6) is 0.762. The first-order valence-electron chi connectivity index (χ1n) is 4.94. The van der Waals surface area contributed by atoms with Gasteiger partial charge in [0.05, 0.1) is 0 Å². The molecular formula is C12H14O2. The molecule has 1 aliphatic rings. The molecule has 1 saturated carbocycles. The van der Waals surface area contributed by atoms with Crippen molar-refractivity contribution in [3.8, 4) is 5.75 Å². The molecule has 0 aromatic heterocycles. The van der Waals surface area contributed by atoms with Crippen LogP contribution in [0.25, 0.3) is 0 Å². The third kappa shape index (κ3) is 1.52. The van der Waals surface area contributed by atoms with E-state index in [1.54, 1.807) is 12.1 Å². The van der Waals surface area contributed by atoms with E-state index in [1.807, 2.05) is 13.8 Å². The zero-order valence-corrected chi connectivity index (χ0v) is 8.50. The van der Waals surface area contributed by atoms with E-state index in [2.05, 4.69) is 0 Å². The molecule has 2 heteroatoms. The highest BCUT2D eigenvalue weighted by Gasteiger charge is 2.31. The molecule has 0 unspecified atom stereocenters. The molecule has 0 spiro atoms. The molecule has 14 heavy (non-hydrogen) atoms. The first-order valence-corrected chi connectivity index (χ1v) is 4.94. The van der Waals surface area contributed by atoms with E-state index in [-0.39, 0.29) is 17.5 Å². The quantitative estimate of drug-likeness (QED) is 0.728. The number of hydrogen-bond acceptors (Lipinski definition) is 2. The minimum Gasteiger partial charge on any atom is -0.508 e. The third-order valence-electron chi connectivity index (χ3n) is 2.76. The lowest BCUT2D eigenvalue weighted by molar-refractivity contribution is 0.0967. The van der Waals surface area contributed by atoms with Crippen LogP contribution in [0, 0.1) is 19.8 Å². The molecule has 0 amide bonds. The van der Waals surface area contributed by atoms with Crippen molar-refractivity contribution in [2.75, 3.05) is 0 Å². The number of rotatable bonds is 2. The van der Waals surface area contributed by atoms with Crippen LogP contribution in [0.1, 0.15) is 34.3 Å². The van der Waals surface area contributed by atoms with Crippen LogP contribution in [0.15, 0.2) is 12.1 Å². The van der Waals surface area contributed by atoms with Gasteiger partial charge in [0.2, 0.25) is 0 Å². The molecule has 0 atom stereocenters. The molecule has 74 valence electrons. The molecule has 2 nitrogen and oxygen atoms in total. The highest BCUT2D eigenvalue weighted by atomic mass is 16.3. The number of phenols is 1. The standard InChI is InChI=1S/C12H14O2/c1-7-6-11(13)8(2)5-10(7)12(14)9-3-4-9/h5-6,9,13H,3-4H2,1-2H3. The van der Waals surface area contributed by atoms with Crippen molar-refractivity contribution in [3.63, 3.8) is 0 Å². The van der Waals surface area contributed by atoms with Gasteiger partial charge in [0.1, 0.15) is 5.75 Å². The van der Waals surface area contributed by atoms with Gasteiger partial charge in [0.25, 0.3) is 0 Å². The van der Waals surface area contributed by atoms with Crippen LogP contribution in [0.5, 0.6) is 5.75 Å². The Bertz CT molecular complexity index is 390. The Morgan fingerprint density at radius 3 is 2.50 bits per heavy atom. The van der Waals surface area contributed by atoms with E-state index in [1.165, 1.54) is 0 Å². The summed E-state index contributed by atoms with van der Waals surface area (Å²) in [4.78, 5) is 11.8. The zero-order chi connectivity index (χ0) is 10.3. The smallest absolute Gasteiger partial charge is 0.166 e. The van der Waals surface area contributed by atoms with E-state index in [9.17, 15) is 9.90 Å². The van der Waals surface area contributed by atoms with Crippen LogP contribution in [0.2, 0.25) is 0 Å². The van der Waals surface area contributed by atoms with E-state index in [0.717, 1.165) is 29.5 Å². The summed E-state index contributed by atoms with van der Waals surface area (Å²) >= 11 is 0. The molecule has 1 N–H and O–H groups in total. The Kier molecular flexibility index (Phi) is 2.06. The Balaban J connectivity index is 2.41. The molecule has 1 fully saturated rings. The van der Waals surface area contributed by atoms with Crippen molar-refractivity contribution < 1.29 is 9.90 Å². The second kappa shape index (κ2) is 3.12. The van der Waals surface area contributed by atoms with Gasteiger partial charge in [0, 0.05) is 11.5 Å². The van der Waals surface area contributed by atoms with Gasteiger partial charge in [-0.15, -0.1) is 0 Å². The lowest BCUT2D eigenvalue weighted by Gasteiger charge is -2.07. The molecule has 2 rings (SSSR count). The number of aryl methyl sites for hydroxylation is 2. The fourth-order valence-corrected chi connectivity index (χ4v) is 1.63. The zero-order valence-electron chi connectivity index (χ0n) is 8.50. The number of aromatic hydroxyl groups is 1. The van der Waals surface area contributed by atoms with E-state index < -0.39 is 0 Å². The van der Waals surface area contributed by atoms with Crippen LogP contribution in [0.3, 0.4) is 0 Å². The predicted molar refractivity (Wildman–Crippen MR) is 54.6 cm³/mol. The number of ketones is 1. The summed E-state index contributed by atoms with van der Waals surface area (Å²) in [6.45, 7) is 3.69. The number of Topliss-reactive ketones (excluding diaryl/α,β-unsaturated/α-hetero) is 1. The van der Waals surface area contributed by atoms with E-state index in [0.29, 0.717) is 0 Å². The van der Waals surface area contributed by atoms with Crippen molar-refractivity contribution in [1.82, 2.24) is 0 Å². The number of carbonyl (C=O) groups is 1. The SMILES string of the molecule is Cc1cc(C(=O)C2CC2)c(C)cc1O. The van der Waals surface area contributed by atoms with Crippen molar-refractivity contribution in [1.29, 1.82) is 0 Å². The molecule has 0 aliphatic heterocycles. The van der Waals surface area contributed by atoms with Gasteiger partial charge in [-0.3, -0.25) is 4.79 Å². The van der Waals surface area contributed by atoms with Crippen LogP contribution in [-0.4, -0.2) is 10.9 Å². The molecule has 0 radical (unpaired) electrons. The largest absolute Gasteiger partial charge is 0.508 e. The molecule has 1 aromatic rings.